The van der Waals surface area contributed by atoms with Gasteiger partial charge in [0.05, 0.1) is 12.2 Å². The number of imidazole rings is 1. The van der Waals surface area contributed by atoms with Gasteiger partial charge >= 0.3 is 0 Å². The number of aromatic nitrogens is 2. The number of anilines is 1. The fraction of sp³-hybridized carbons (Fsp3) is 0.143. The number of hydrogen-bond donors (Lipinski definition) is 2. The van der Waals surface area contributed by atoms with E-state index in [4.69, 9.17) is 0 Å². The summed E-state index contributed by atoms with van der Waals surface area (Å²) in [6, 6.07) is 14.3. The molecule has 1 amide bonds. The molecule has 0 unspecified atom stereocenters. The van der Waals surface area contributed by atoms with Crippen LogP contribution in [0, 0.1) is 6.92 Å². The second-order valence-corrected chi connectivity index (χ2v) is 9.94. The molecule has 0 aliphatic rings. The summed E-state index contributed by atoms with van der Waals surface area (Å²) in [7, 11) is -3.70. The molecule has 2 N–H and O–H groups in total. The number of benzene rings is 1. The average Bonchev–Trinajstić information content (AvgIpc) is 3.35. The van der Waals surface area contributed by atoms with Crippen molar-refractivity contribution in [1.82, 2.24) is 14.7 Å². The minimum atomic E-state index is -3.70. The quantitative estimate of drug-likeness (QED) is 0.477. The third-order valence-electron chi connectivity index (χ3n) is 4.52. The summed E-state index contributed by atoms with van der Waals surface area (Å²) >= 11 is 1.13. The SMILES string of the molecule is CC(=O)NCc1ccc(S(=O)(=O)Nc2ccc(-c3cn4cccc(C)c4n3)cc2)s1. The maximum Gasteiger partial charge on any atom is 0.271 e. The van der Waals surface area contributed by atoms with Crippen LogP contribution in [0.15, 0.2) is 65.1 Å². The van der Waals surface area contributed by atoms with Crippen molar-refractivity contribution in [3.63, 3.8) is 0 Å². The Bertz CT molecular complexity index is 1320. The highest BCUT2D eigenvalue weighted by molar-refractivity contribution is 7.94. The second-order valence-electron chi connectivity index (χ2n) is 6.86. The van der Waals surface area contributed by atoms with Crippen LogP contribution in [-0.4, -0.2) is 23.7 Å². The molecule has 3 aromatic heterocycles. The fourth-order valence-corrected chi connectivity index (χ4v) is 5.37. The van der Waals surface area contributed by atoms with Gasteiger partial charge in [-0.15, -0.1) is 11.3 Å². The van der Waals surface area contributed by atoms with Crippen LogP contribution in [0.2, 0.25) is 0 Å². The summed E-state index contributed by atoms with van der Waals surface area (Å²) < 4.78 is 30.1. The maximum absolute atomic E-state index is 12.7. The standard InChI is InChI=1S/C21H20N4O3S2/c1-14-4-3-11-25-13-19(23-21(14)25)16-5-7-17(8-6-16)24-30(27,28)20-10-9-18(29-20)12-22-15(2)26/h3-11,13,24H,12H2,1-2H3,(H,22,26). The van der Waals surface area contributed by atoms with E-state index in [1.165, 1.54) is 13.0 Å². The van der Waals surface area contributed by atoms with Crippen molar-refractivity contribution in [2.75, 3.05) is 4.72 Å². The Morgan fingerprint density at radius 2 is 1.90 bits per heavy atom. The Morgan fingerprint density at radius 3 is 2.60 bits per heavy atom. The van der Waals surface area contributed by atoms with Crippen molar-refractivity contribution < 1.29 is 13.2 Å². The predicted octanol–water partition coefficient (Wildman–Crippen LogP) is 3.81. The number of nitrogens with zero attached hydrogens (tertiary/aromatic N) is 2. The molecular formula is C21H20N4O3S2. The number of fused-ring (bicyclic) bond motifs is 1. The summed E-state index contributed by atoms with van der Waals surface area (Å²) in [5.41, 5.74) is 4.16. The van der Waals surface area contributed by atoms with Crippen LogP contribution in [0.1, 0.15) is 17.4 Å². The highest BCUT2D eigenvalue weighted by Gasteiger charge is 2.17. The van der Waals surface area contributed by atoms with Crippen molar-refractivity contribution in [1.29, 1.82) is 0 Å². The number of amides is 1. The minimum absolute atomic E-state index is 0.160. The van der Waals surface area contributed by atoms with Gasteiger partial charge in [-0.25, -0.2) is 13.4 Å². The van der Waals surface area contributed by atoms with E-state index in [1.807, 2.05) is 48.0 Å². The lowest BCUT2D eigenvalue weighted by Gasteiger charge is -2.07. The normalized spacial score (nSPS) is 11.5. The van der Waals surface area contributed by atoms with Crippen LogP contribution >= 0.6 is 11.3 Å². The van der Waals surface area contributed by atoms with Gasteiger partial charge in [0.15, 0.2) is 0 Å². The average molecular weight is 441 g/mol. The monoisotopic (exact) mass is 440 g/mol. The molecule has 0 fully saturated rings. The predicted molar refractivity (Wildman–Crippen MR) is 118 cm³/mol. The zero-order valence-electron chi connectivity index (χ0n) is 16.4. The Kier molecular flexibility index (Phi) is 5.31. The zero-order valence-corrected chi connectivity index (χ0v) is 18.0. The number of sulfonamides is 1. The summed E-state index contributed by atoms with van der Waals surface area (Å²) in [6.07, 6.45) is 3.90. The number of aryl methyl sites for hydroxylation is 1. The first-order chi connectivity index (χ1) is 14.3. The van der Waals surface area contributed by atoms with Gasteiger partial charge in [-0.05, 0) is 42.8 Å². The van der Waals surface area contributed by atoms with Crippen LogP contribution < -0.4 is 10.0 Å². The van der Waals surface area contributed by atoms with Crippen molar-refractivity contribution in [2.24, 2.45) is 0 Å². The van der Waals surface area contributed by atoms with Gasteiger partial charge < -0.3 is 9.72 Å². The number of carbonyl (C=O) groups is 1. The molecule has 9 heteroatoms. The third-order valence-corrected chi connectivity index (χ3v) is 7.48. The van der Waals surface area contributed by atoms with Gasteiger partial charge in [-0.1, -0.05) is 18.2 Å². The van der Waals surface area contributed by atoms with Crippen LogP contribution in [0.3, 0.4) is 0 Å². The van der Waals surface area contributed by atoms with E-state index in [-0.39, 0.29) is 10.1 Å². The van der Waals surface area contributed by atoms with Crippen LogP contribution in [0.5, 0.6) is 0 Å². The number of rotatable bonds is 6. The number of nitrogens with one attached hydrogen (secondary N) is 2. The molecule has 3 heterocycles. The van der Waals surface area contributed by atoms with E-state index in [2.05, 4.69) is 15.0 Å². The molecule has 4 aromatic rings. The molecule has 7 nitrogen and oxygen atoms in total. The van der Waals surface area contributed by atoms with E-state index >= 15 is 0 Å². The van der Waals surface area contributed by atoms with E-state index in [9.17, 15) is 13.2 Å². The molecule has 1 aromatic carbocycles. The Morgan fingerprint density at radius 1 is 1.13 bits per heavy atom. The zero-order chi connectivity index (χ0) is 21.3. The molecule has 4 rings (SSSR count). The van der Waals surface area contributed by atoms with Crippen molar-refractivity contribution in [3.8, 4) is 11.3 Å². The number of carbonyl (C=O) groups excluding carboxylic acids is 1. The van der Waals surface area contributed by atoms with Gasteiger partial charge in [-0.2, -0.15) is 0 Å². The molecule has 0 bridgehead atoms. The minimum Gasteiger partial charge on any atom is -0.351 e. The van der Waals surface area contributed by atoms with E-state index in [0.717, 1.165) is 38.7 Å². The number of thiophene rings is 1. The van der Waals surface area contributed by atoms with Crippen LogP contribution in [0.25, 0.3) is 16.9 Å². The van der Waals surface area contributed by atoms with Crippen molar-refractivity contribution in [3.05, 3.63) is 71.4 Å². The maximum atomic E-state index is 12.7. The van der Waals surface area contributed by atoms with Gasteiger partial charge in [0.1, 0.15) is 9.86 Å². The Balaban J connectivity index is 1.51. The number of pyridine rings is 1. The topological polar surface area (TPSA) is 92.6 Å². The molecule has 0 spiro atoms. The molecule has 0 atom stereocenters. The Labute approximate surface area is 178 Å². The van der Waals surface area contributed by atoms with Crippen molar-refractivity contribution >= 4 is 38.6 Å². The molecule has 154 valence electrons. The lowest BCUT2D eigenvalue weighted by Crippen LogP contribution is -2.18. The smallest absolute Gasteiger partial charge is 0.271 e. The molecule has 0 saturated carbocycles. The van der Waals surface area contributed by atoms with Gasteiger partial charge in [0.25, 0.3) is 10.0 Å². The molecule has 30 heavy (non-hydrogen) atoms. The fourth-order valence-electron chi connectivity index (χ4n) is 3.02. The number of hydrogen-bond acceptors (Lipinski definition) is 5. The largest absolute Gasteiger partial charge is 0.351 e. The summed E-state index contributed by atoms with van der Waals surface area (Å²) in [5, 5.41) is 2.66. The molecule has 0 saturated heterocycles. The second kappa shape index (κ2) is 7.92. The van der Waals surface area contributed by atoms with E-state index in [1.54, 1.807) is 18.2 Å². The first kappa shape index (κ1) is 20.1. The van der Waals surface area contributed by atoms with Crippen molar-refractivity contribution in [2.45, 2.75) is 24.6 Å². The summed E-state index contributed by atoms with van der Waals surface area (Å²) in [6.45, 7) is 3.74. The third kappa shape index (κ3) is 4.22. The summed E-state index contributed by atoms with van der Waals surface area (Å²) in [5.74, 6) is -0.160. The van der Waals surface area contributed by atoms with Gasteiger partial charge in [-0.3, -0.25) is 9.52 Å². The van der Waals surface area contributed by atoms with Crippen LogP contribution in [-0.2, 0) is 21.4 Å². The Hall–Kier alpha value is -3.17. The first-order valence-corrected chi connectivity index (χ1v) is 11.5. The lowest BCUT2D eigenvalue weighted by molar-refractivity contribution is -0.119. The van der Waals surface area contributed by atoms with Gasteiger partial charge in [0.2, 0.25) is 5.91 Å². The van der Waals surface area contributed by atoms with E-state index in [0.29, 0.717) is 12.2 Å². The lowest BCUT2D eigenvalue weighted by atomic mass is 10.1. The highest BCUT2D eigenvalue weighted by Crippen LogP contribution is 2.26. The first-order valence-electron chi connectivity index (χ1n) is 9.22. The van der Waals surface area contributed by atoms with E-state index < -0.39 is 10.0 Å². The molecular weight excluding hydrogens is 420 g/mol. The molecule has 0 radical (unpaired) electrons. The van der Waals surface area contributed by atoms with Crippen LogP contribution in [0.4, 0.5) is 5.69 Å². The summed E-state index contributed by atoms with van der Waals surface area (Å²) in [4.78, 5) is 16.4. The van der Waals surface area contributed by atoms with Gasteiger partial charge in [0, 0.05) is 35.4 Å². The molecule has 0 aliphatic carbocycles. The molecule has 0 aliphatic heterocycles. The highest BCUT2D eigenvalue weighted by atomic mass is 32.2.